The van der Waals surface area contributed by atoms with Crippen LogP contribution in [0.4, 0.5) is 28.0 Å². The third-order valence-corrected chi connectivity index (χ3v) is 2.53. The summed E-state index contributed by atoms with van der Waals surface area (Å²) in [6, 6.07) is -2.59. The predicted molar refractivity (Wildman–Crippen MR) is 64.8 cm³/mol. The second kappa shape index (κ2) is 6.91. The average Bonchev–Trinajstić information content (AvgIpc) is 2.41. The number of carboxylic acid groups (broad SMARTS) is 1. The van der Waals surface area contributed by atoms with Gasteiger partial charge < -0.3 is 15.7 Å². The van der Waals surface area contributed by atoms with E-state index < -0.39 is 47.0 Å². The van der Waals surface area contributed by atoms with Gasteiger partial charge in [-0.15, -0.1) is 0 Å². The Bertz CT molecular complexity index is 540. The number of benzene rings is 1. The van der Waals surface area contributed by atoms with E-state index in [9.17, 15) is 27.2 Å². The summed E-state index contributed by atoms with van der Waals surface area (Å²) in [4.78, 5) is 22.3. The number of carboxylic acids is 1. The van der Waals surface area contributed by atoms with Crippen molar-refractivity contribution < 1.29 is 32.3 Å². The summed E-state index contributed by atoms with van der Waals surface area (Å²) in [5, 5.41) is 12.3. The zero-order chi connectivity index (χ0) is 16.2. The number of amides is 2. The maximum atomic E-state index is 13.3. The van der Waals surface area contributed by atoms with E-state index in [1.807, 2.05) is 5.32 Å². The van der Waals surface area contributed by atoms with Gasteiger partial charge in [0.25, 0.3) is 0 Å². The van der Waals surface area contributed by atoms with E-state index in [1.54, 1.807) is 12.2 Å². The first-order valence-corrected chi connectivity index (χ1v) is 5.91. The molecule has 21 heavy (non-hydrogen) atoms. The number of nitrogens with one attached hydrogen (secondary N) is 2. The van der Waals surface area contributed by atoms with Crippen molar-refractivity contribution in [2.75, 3.05) is 5.32 Å². The molecule has 1 rings (SSSR count). The molecular formula is C12H12F4N2O3. The Kier molecular flexibility index (Phi) is 5.51. The van der Waals surface area contributed by atoms with Crippen molar-refractivity contribution in [1.82, 2.24) is 5.32 Å². The highest BCUT2D eigenvalue weighted by Crippen LogP contribution is 2.23. The number of rotatable bonds is 5. The maximum Gasteiger partial charge on any atom is 0.326 e. The molecule has 5 nitrogen and oxygen atoms in total. The average molecular weight is 308 g/mol. The zero-order valence-corrected chi connectivity index (χ0v) is 10.8. The van der Waals surface area contributed by atoms with Gasteiger partial charge in [0, 0.05) is 6.07 Å². The van der Waals surface area contributed by atoms with Crippen molar-refractivity contribution in [3.8, 4) is 0 Å². The van der Waals surface area contributed by atoms with Gasteiger partial charge in [-0.25, -0.2) is 27.2 Å². The number of hydrogen-bond acceptors (Lipinski definition) is 2. The van der Waals surface area contributed by atoms with Crippen molar-refractivity contribution in [3.05, 3.63) is 29.3 Å². The smallest absolute Gasteiger partial charge is 0.326 e. The van der Waals surface area contributed by atoms with Crippen LogP contribution < -0.4 is 10.6 Å². The van der Waals surface area contributed by atoms with E-state index >= 15 is 0 Å². The predicted octanol–water partition coefficient (Wildman–Crippen LogP) is 2.62. The summed E-state index contributed by atoms with van der Waals surface area (Å²) in [5.74, 6) is -8.30. The minimum absolute atomic E-state index is 0.00904. The van der Waals surface area contributed by atoms with Gasteiger partial charge in [-0.05, 0) is 6.42 Å². The summed E-state index contributed by atoms with van der Waals surface area (Å²) in [6.45, 7) is 1.66. The highest BCUT2D eigenvalue weighted by atomic mass is 19.2. The Morgan fingerprint density at radius 2 is 1.71 bits per heavy atom. The first-order valence-electron chi connectivity index (χ1n) is 5.91. The molecule has 116 valence electrons. The third kappa shape index (κ3) is 4.07. The van der Waals surface area contributed by atoms with E-state index in [-0.39, 0.29) is 12.5 Å². The van der Waals surface area contributed by atoms with Gasteiger partial charge in [-0.3, -0.25) is 0 Å². The Morgan fingerprint density at radius 3 is 2.14 bits per heavy atom. The molecule has 1 aromatic rings. The molecule has 0 saturated carbocycles. The lowest BCUT2D eigenvalue weighted by Crippen LogP contribution is -2.43. The zero-order valence-electron chi connectivity index (χ0n) is 10.8. The number of hydrogen-bond donors (Lipinski definition) is 3. The Hall–Kier alpha value is -2.32. The van der Waals surface area contributed by atoms with Crippen LogP contribution in [0.1, 0.15) is 19.8 Å². The fraction of sp³-hybridized carbons (Fsp3) is 0.333. The van der Waals surface area contributed by atoms with Crippen LogP contribution in [0.5, 0.6) is 0 Å². The first kappa shape index (κ1) is 16.7. The molecule has 0 saturated heterocycles. The van der Waals surface area contributed by atoms with Crippen LogP contribution in [0, 0.1) is 23.3 Å². The van der Waals surface area contributed by atoms with E-state index in [0.29, 0.717) is 6.42 Å². The van der Waals surface area contributed by atoms with Gasteiger partial charge in [0.2, 0.25) is 0 Å². The van der Waals surface area contributed by atoms with Gasteiger partial charge in [0.05, 0.1) is 0 Å². The molecule has 1 aromatic carbocycles. The van der Waals surface area contributed by atoms with Crippen molar-refractivity contribution in [2.45, 2.75) is 25.8 Å². The van der Waals surface area contributed by atoms with E-state index in [1.165, 1.54) is 0 Å². The van der Waals surface area contributed by atoms with Gasteiger partial charge in [0.1, 0.15) is 11.7 Å². The van der Waals surface area contributed by atoms with Crippen LogP contribution in [0.15, 0.2) is 6.07 Å². The third-order valence-electron chi connectivity index (χ3n) is 2.53. The summed E-state index contributed by atoms with van der Waals surface area (Å²) in [7, 11) is 0. The number of carbonyl (C=O) groups excluding carboxylic acids is 1. The molecule has 0 spiro atoms. The molecule has 0 aliphatic carbocycles. The largest absolute Gasteiger partial charge is 0.480 e. The van der Waals surface area contributed by atoms with Crippen LogP contribution in [0.2, 0.25) is 0 Å². The van der Waals surface area contributed by atoms with Crippen molar-refractivity contribution >= 4 is 17.7 Å². The van der Waals surface area contributed by atoms with Crippen LogP contribution >= 0.6 is 0 Å². The van der Waals surface area contributed by atoms with Crippen molar-refractivity contribution in [2.24, 2.45) is 0 Å². The van der Waals surface area contributed by atoms with Gasteiger partial charge in [-0.2, -0.15) is 0 Å². The second-order valence-electron chi connectivity index (χ2n) is 4.12. The molecule has 9 heteroatoms. The summed E-state index contributed by atoms with van der Waals surface area (Å²) in [6.07, 6.45) is 0.500. The maximum absolute atomic E-state index is 13.3. The van der Waals surface area contributed by atoms with E-state index in [4.69, 9.17) is 5.11 Å². The quantitative estimate of drug-likeness (QED) is 0.578. The van der Waals surface area contributed by atoms with Crippen molar-refractivity contribution in [3.63, 3.8) is 0 Å². The lowest BCUT2D eigenvalue weighted by molar-refractivity contribution is -0.139. The Balaban J connectivity index is 2.91. The minimum Gasteiger partial charge on any atom is -0.480 e. The lowest BCUT2D eigenvalue weighted by Gasteiger charge is -2.15. The van der Waals surface area contributed by atoms with Gasteiger partial charge in [-0.1, -0.05) is 13.3 Å². The molecule has 0 fully saturated rings. The topological polar surface area (TPSA) is 78.4 Å². The monoisotopic (exact) mass is 308 g/mol. The fourth-order valence-electron chi connectivity index (χ4n) is 1.54. The molecule has 0 aliphatic rings. The van der Waals surface area contributed by atoms with Crippen molar-refractivity contribution in [1.29, 1.82) is 0 Å². The number of urea groups is 1. The number of anilines is 1. The van der Waals surface area contributed by atoms with Gasteiger partial charge in [0.15, 0.2) is 23.3 Å². The summed E-state index contributed by atoms with van der Waals surface area (Å²) in [5.41, 5.74) is -1.33. The van der Waals surface area contributed by atoms with Crippen LogP contribution in [-0.4, -0.2) is 23.1 Å². The first-order chi connectivity index (χ1) is 9.77. The van der Waals surface area contributed by atoms with Crippen LogP contribution in [-0.2, 0) is 4.79 Å². The molecule has 0 aliphatic heterocycles. The standard InChI is InChI=1S/C12H12F4N2O3/c1-2-3-7(11(19)20)17-12(21)18-10-8(15)5(13)4-6(14)9(10)16/h4,7H,2-3H2,1H3,(H,19,20)(H2,17,18,21). The molecule has 3 N–H and O–H groups in total. The number of halogens is 4. The molecule has 2 amide bonds. The SMILES string of the molecule is CCCC(NC(=O)Nc1c(F)c(F)cc(F)c1F)C(=O)O. The molecule has 1 unspecified atom stereocenters. The summed E-state index contributed by atoms with van der Waals surface area (Å²) >= 11 is 0. The Labute approximate surface area is 117 Å². The Morgan fingerprint density at radius 1 is 1.19 bits per heavy atom. The molecule has 0 radical (unpaired) electrons. The molecular weight excluding hydrogens is 296 g/mol. The fourth-order valence-corrected chi connectivity index (χ4v) is 1.54. The highest BCUT2D eigenvalue weighted by Gasteiger charge is 2.23. The van der Waals surface area contributed by atoms with Gasteiger partial charge >= 0.3 is 12.0 Å². The van der Waals surface area contributed by atoms with E-state index in [0.717, 1.165) is 0 Å². The summed E-state index contributed by atoms with van der Waals surface area (Å²) < 4.78 is 52.5. The van der Waals surface area contributed by atoms with E-state index in [2.05, 4.69) is 0 Å². The van der Waals surface area contributed by atoms with Crippen LogP contribution in [0.3, 0.4) is 0 Å². The minimum atomic E-state index is -1.79. The molecule has 0 aromatic heterocycles. The lowest BCUT2D eigenvalue weighted by atomic mass is 10.2. The second-order valence-corrected chi connectivity index (χ2v) is 4.12. The highest BCUT2D eigenvalue weighted by molar-refractivity contribution is 5.92. The number of carbonyl (C=O) groups is 2. The van der Waals surface area contributed by atoms with Crippen LogP contribution in [0.25, 0.3) is 0 Å². The molecule has 1 atom stereocenters. The molecule has 0 heterocycles. The number of aliphatic carboxylic acids is 1. The molecule has 0 bridgehead atoms. The normalized spacial score (nSPS) is 11.9.